The van der Waals surface area contributed by atoms with Gasteiger partial charge in [0.2, 0.25) is 0 Å². The van der Waals surface area contributed by atoms with Crippen LogP contribution in [0.5, 0.6) is 5.75 Å². The quantitative estimate of drug-likeness (QED) is 0.244. The number of esters is 1. The van der Waals surface area contributed by atoms with E-state index < -0.39 is 5.97 Å². The molecule has 29 heavy (non-hydrogen) atoms. The summed E-state index contributed by atoms with van der Waals surface area (Å²) >= 11 is 0. The number of benzene rings is 1. The van der Waals surface area contributed by atoms with Crippen LogP contribution in [-0.2, 0) is 22.6 Å². The second kappa shape index (κ2) is 11.3. The molecule has 1 aromatic carbocycles. The number of phenolic OH excluding ortho intramolecular Hbond substituents is 1. The lowest BCUT2D eigenvalue weighted by atomic mass is 9.99. The molecule has 0 saturated carbocycles. The van der Waals surface area contributed by atoms with E-state index in [-0.39, 0.29) is 24.5 Å². The summed E-state index contributed by atoms with van der Waals surface area (Å²) in [5, 5.41) is 20.1. The highest BCUT2D eigenvalue weighted by Crippen LogP contribution is 2.32. The zero-order valence-corrected chi connectivity index (χ0v) is 17.1. The maximum Gasteiger partial charge on any atom is 0.341 e. The van der Waals surface area contributed by atoms with Gasteiger partial charge in [-0.1, -0.05) is 18.2 Å². The highest BCUT2D eigenvalue weighted by Gasteiger charge is 2.19. The van der Waals surface area contributed by atoms with Crippen LogP contribution < -0.4 is 5.48 Å². The fraction of sp³-hybridized carbons (Fsp3) is 0.364. The van der Waals surface area contributed by atoms with Crippen LogP contribution in [0, 0.1) is 0 Å². The van der Waals surface area contributed by atoms with Gasteiger partial charge in [0, 0.05) is 24.7 Å². The van der Waals surface area contributed by atoms with Crippen LogP contribution in [0.15, 0.2) is 42.1 Å². The first kappa shape index (κ1) is 22.5. The van der Waals surface area contributed by atoms with Crippen LogP contribution in [0.4, 0.5) is 0 Å². The summed E-state index contributed by atoms with van der Waals surface area (Å²) in [5.74, 6) is -0.857. The molecule has 0 atom stereocenters. The Bertz CT molecular complexity index is 906. The molecule has 1 heterocycles. The summed E-state index contributed by atoms with van der Waals surface area (Å²) in [6.07, 6.45) is 9.01. The molecule has 1 aromatic heterocycles. The van der Waals surface area contributed by atoms with E-state index in [9.17, 15) is 9.90 Å². The Morgan fingerprint density at radius 1 is 1.31 bits per heavy atom. The molecule has 7 nitrogen and oxygen atoms in total. The highest BCUT2D eigenvalue weighted by molar-refractivity contribution is 6.01. The number of nitrogens with one attached hydrogen (secondary N) is 1. The molecule has 0 bridgehead atoms. The zero-order valence-electron chi connectivity index (χ0n) is 17.1. The lowest BCUT2D eigenvalue weighted by molar-refractivity contribution is 0.0257. The fourth-order valence-electron chi connectivity index (χ4n) is 2.93. The van der Waals surface area contributed by atoms with Gasteiger partial charge >= 0.3 is 5.97 Å². The molecule has 0 aliphatic carbocycles. The third-order valence-corrected chi connectivity index (χ3v) is 4.42. The number of nitrogens with zero attached hydrogens (tertiary/aromatic N) is 1. The number of phenols is 1. The van der Waals surface area contributed by atoms with E-state index in [4.69, 9.17) is 14.7 Å². The summed E-state index contributed by atoms with van der Waals surface area (Å²) in [7, 11) is 1.26. The average Bonchev–Trinajstić information content (AvgIpc) is 2.74. The second-order valence-corrected chi connectivity index (χ2v) is 6.46. The molecule has 7 heteroatoms. The topological polar surface area (TPSA) is 101 Å². The summed E-state index contributed by atoms with van der Waals surface area (Å²) in [5.41, 5.74) is 5.94. The van der Waals surface area contributed by atoms with Crippen molar-refractivity contribution in [2.24, 2.45) is 0 Å². The van der Waals surface area contributed by atoms with Gasteiger partial charge in [-0.15, -0.1) is 0 Å². The van der Waals surface area contributed by atoms with E-state index >= 15 is 0 Å². The molecule has 0 radical (unpaired) electrons. The molecule has 0 saturated heterocycles. The molecular weight excluding hydrogens is 372 g/mol. The first-order valence-corrected chi connectivity index (χ1v) is 9.50. The van der Waals surface area contributed by atoms with Crippen molar-refractivity contribution < 1.29 is 24.6 Å². The second-order valence-electron chi connectivity index (χ2n) is 6.46. The number of allylic oxidation sites excluding steroid dienone is 4. The normalized spacial score (nSPS) is 12.1. The maximum atomic E-state index is 12.1. The monoisotopic (exact) mass is 400 g/mol. The van der Waals surface area contributed by atoms with E-state index in [1.165, 1.54) is 7.11 Å². The van der Waals surface area contributed by atoms with E-state index in [2.05, 4.69) is 10.5 Å². The number of pyridine rings is 1. The largest absolute Gasteiger partial charge is 0.505 e. The minimum absolute atomic E-state index is 0.0391. The number of hydrogen-bond donors (Lipinski definition) is 3. The number of hydroxylamine groups is 1. The smallest absolute Gasteiger partial charge is 0.341 e. The Labute approximate surface area is 170 Å². The lowest BCUT2D eigenvalue weighted by Gasteiger charge is -2.13. The first-order valence-electron chi connectivity index (χ1n) is 9.50. The molecule has 0 amide bonds. The average molecular weight is 400 g/mol. The van der Waals surface area contributed by atoms with Crippen LogP contribution in [-0.4, -0.2) is 41.4 Å². The molecule has 2 rings (SSSR count). The SMILES string of the molecule is C/C=C\C(=C/C)Cc1cnc2c(O)c(C(=O)OC)cc(CONCCCO)c2c1. The van der Waals surface area contributed by atoms with Crippen LogP contribution >= 0.6 is 0 Å². The minimum atomic E-state index is -0.644. The van der Waals surface area contributed by atoms with E-state index in [0.717, 1.165) is 11.1 Å². The lowest BCUT2D eigenvalue weighted by Crippen LogP contribution is -2.17. The molecular formula is C22H28N2O5. The number of aliphatic hydroxyl groups is 1. The molecule has 0 spiro atoms. The Morgan fingerprint density at radius 2 is 2.10 bits per heavy atom. The van der Waals surface area contributed by atoms with Crippen molar-refractivity contribution in [3.8, 4) is 5.75 Å². The summed E-state index contributed by atoms with van der Waals surface area (Å²) < 4.78 is 4.77. The van der Waals surface area contributed by atoms with Crippen LogP contribution in [0.2, 0.25) is 0 Å². The van der Waals surface area contributed by atoms with Gasteiger partial charge in [0.25, 0.3) is 0 Å². The van der Waals surface area contributed by atoms with Crippen LogP contribution in [0.1, 0.15) is 41.8 Å². The number of carbonyl (C=O) groups excluding carboxylic acids is 1. The molecule has 0 unspecified atom stereocenters. The zero-order chi connectivity index (χ0) is 21.2. The Kier molecular flexibility index (Phi) is 8.79. The van der Waals surface area contributed by atoms with Crippen molar-refractivity contribution in [1.29, 1.82) is 0 Å². The number of methoxy groups -OCH3 is 1. The highest BCUT2D eigenvalue weighted by atomic mass is 16.6. The number of fused-ring (bicyclic) bond motifs is 1. The number of ether oxygens (including phenoxy) is 1. The molecule has 0 aliphatic heterocycles. The van der Waals surface area contributed by atoms with Crippen molar-refractivity contribution in [1.82, 2.24) is 10.5 Å². The van der Waals surface area contributed by atoms with Gasteiger partial charge in [0.05, 0.1) is 13.7 Å². The predicted octanol–water partition coefficient (Wildman–Crippen LogP) is 3.20. The Hall–Kier alpha value is -2.74. The van der Waals surface area contributed by atoms with Gasteiger partial charge in [0.15, 0.2) is 5.75 Å². The van der Waals surface area contributed by atoms with Crippen LogP contribution in [0.25, 0.3) is 10.9 Å². The van der Waals surface area contributed by atoms with Crippen molar-refractivity contribution in [3.63, 3.8) is 0 Å². The molecule has 0 aliphatic rings. The molecule has 0 fully saturated rings. The first-order chi connectivity index (χ1) is 14.0. The fourth-order valence-corrected chi connectivity index (χ4v) is 2.93. The van der Waals surface area contributed by atoms with Crippen molar-refractivity contribution >= 4 is 16.9 Å². The van der Waals surface area contributed by atoms with Gasteiger partial charge in [0.1, 0.15) is 11.1 Å². The third-order valence-electron chi connectivity index (χ3n) is 4.42. The van der Waals surface area contributed by atoms with Crippen molar-refractivity contribution in [3.05, 3.63) is 58.8 Å². The number of hydrogen-bond acceptors (Lipinski definition) is 7. The standard InChI is InChI=1S/C22H28N2O5/c1-4-7-15(5-2)10-16-11-18-17(14-29-24-8-6-9-25)12-19(22(27)28-3)21(26)20(18)23-13-16/h4-5,7,11-13,24-26H,6,8-10,14H2,1-3H3/b7-4-,15-5+. The number of rotatable bonds is 10. The van der Waals surface area contributed by atoms with Gasteiger partial charge < -0.3 is 14.9 Å². The van der Waals surface area contributed by atoms with Crippen molar-refractivity contribution in [2.45, 2.75) is 33.3 Å². The summed E-state index contributed by atoms with van der Waals surface area (Å²) in [6, 6.07) is 3.51. The number of carbonyl (C=O) groups is 1. The number of aromatic hydroxyl groups is 1. The molecule has 156 valence electrons. The van der Waals surface area contributed by atoms with Crippen LogP contribution in [0.3, 0.4) is 0 Å². The minimum Gasteiger partial charge on any atom is -0.505 e. The summed E-state index contributed by atoms with van der Waals surface area (Å²) in [4.78, 5) is 21.9. The Morgan fingerprint density at radius 3 is 2.76 bits per heavy atom. The van der Waals surface area contributed by atoms with Gasteiger partial charge in [-0.2, -0.15) is 0 Å². The number of aromatic nitrogens is 1. The molecule has 2 aromatic rings. The summed E-state index contributed by atoms with van der Waals surface area (Å²) in [6.45, 7) is 4.66. The van der Waals surface area contributed by atoms with Gasteiger partial charge in [-0.05, 0) is 55.5 Å². The van der Waals surface area contributed by atoms with E-state index in [0.29, 0.717) is 35.9 Å². The van der Waals surface area contributed by atoms with Crippen molar-refractivity contribution in [2.75, 3.05) is 20.3 Å². The third kappa shape index (κ3) is 5.87. The predicted molar refractivity (Wildman–Crippen MR) is 112 cm³/mol. The van der Waals surface area contributed by atoms with E-state index in [1.54, 1.807) is 12.3 Å². The van der Waals surface area contributed by atoms with E-state index in [1.807, 2.05) is 38.1 Å². The Balaban J connectivity index is 2.45. The number of aliphatic hydroxyl groups excluding tert-OH is 1. The molecule has 3 N–H and O–H groups in total. The van der Waals surface area contributed by atoms with Gasteiger partial charge in [-0.25, -0.2) is 10.3 Å². The maximum absolute atomic E-state index is 12.1. The van der Waals surface area contributed by atoms with Gasteiger partial charge in [-0.3, -0.25) is 9.82 Å².